The van der Waals surface area contributed by atoms with Crippen LogP contribution in [-0.2, 0) is 18.9 Å². The predicted molar refractivity (Wildman–Crippen MR) is 148 cm³/mol. The molecule has 2 heterocycles. The first-order chi connectivity index (χ1) is 20.2. The molecule has 234 valence electrons. The van der Waals surface area contributed by atoms with Gasteiger partial charge < -0.3 is 59.1 Å². The average Bonchev–Trinajstić information content (AvgIpc) is 3.42. The number of hydrogen-bond donors (Lipinski definition) is 6. The summed E-state index contributed by atoms with van der Waals surface area (Å²) in [6.07, 6.45) is -6.40. The van der Waals surface area contributed by atoms with Gasteiger partial charge in [0.15, 0.2) is 29.3 Å². The molecule has 2 saturated heterocycles. The number of aliphatic hydroxyl groups excluding tert-OH is 4. The van der Waals surface area contributed by atoms with E-state index in [1.165, 1.54) is 20.3 Å². The summed E-state index contributed by atoms with van der Waals surface area (Å²) in [5, 5.41) is 61.0. The fourth-order valence-electron chi connectivity index (χ4n) is 5.53. The molecular formula is C30H42O12. The lowest BCUT2D eigenvalue weighted by atomic mass is 9.82. The van der Waals surface area contributed by atoms with E-state index >= 15 is 0 Å². The molecule has 0 radical (unpaired) electrons. The van der Waals surface area contributed by atoms with Gasteiger partial charge in [-0.2, -0.15) is 0 Å². The molecule has 12 heteroatoms. The van der Waals surface area contributed by atoms with Gasteiger partial charge in [0.05, 0.1) is 46.2 Å². The van der Waals surface area contributed by atoms with Crippen molar-refractivity contribution < 1.29 is 59.1 Å². The second-order valence-electron chi connectivity index (χ2n) is 10.6. The second kappa shape index (κ2) is 14.7. The van der Waals surface area contributed by atoms with Crippen molar-refractivity contribution in [3.05, 3.63) is 47.5 Å². The van der Waals surface area contributed by atoms with Crippen LogP contribution in [0.15, 0.2) is 36.4 Å². The fourth-order valence-corrected chi connectivity index (χ4v) is 5.53. The third-order valence-corrected chi connectivity index (χ3v) is 7.96. The van der Waals surface area contributed by atoms with Crippen molar-refractivity contribution in [2.75, 3.05) is 40.6 Å². The topological polar surface area (TPSA) is 177 Å². The molecule has 2 fully saturated rings. The number of phenolic OH excluding ortho intramolecular Hbond substituents is 2. The monoisotopic (exact) mass is 594 g/mol. The lowest BCUT2D eigenvalue weighted by Gasteiger charge is -2.40. The maximum atomic E-state index is 10.6. The Morgan fingerprint density at radius 2 is 1.62 bits per heavy atom. The third kappa shape index (κ3) is 6.92. The first kappa shape index (κ1) is 32.2. The number of aromatic hydroxyl groups is 2. The summed E-state index contributed by atoms with van der Waals surface area (Å²) in [4.78, 5) is 0. The molecule has 0 saturated carbocycles. The van der Waals surface area contributed by atoms with E-state index in [1.807, 2.05) is 0 Å². The number of rotatable bonds is 13. The summed E-state index contributed by atoms with van der Waals surface area (Å²) in [5.74, 6) is -0.171. The van der Waals surface area contributed by atoms with E-state index < -0.39 is 55.4 Å². The summed E-state index contributed by atoms with van der Waals surface area (Å²) < 4.78 is 35.0. The van der Waals surface area contributed by atoms with Crippen molar-refractivity contribution in [1.29, 1.82) is 0 Å². The van der Waals surface area contributed by atoms with Gasteiger partial charge in [0, 0.05) is 18.4 Å². The van der Waals surface area contributed by atoms with Crippen molar-refractivity contribution in [3.63, 3.8) is 0 Å². The molecule has 6 N–H and O–H groups in total. The molecular weight excluding hydrogens is 552 g/mol. The second-order valence-corrected chi connectivity index (χ2v) is 10.6. The van der Waals surface area contributed by atoms with Crippen LogP contribution in [0.2, 0.25) is 0 Å². The minimum Gasteiger partial charge on any atom is -0.504 e. The van der Waals surface area contributed by atoms with E-state index in [0.29, 0.717) is 17.9 Å². The van der Waals surface area contributed by atoms with Crippen molar-refractivity contribution >= 4 is 0 Å². The fraction of sp³-hybridized carbons (Fsp3) is 0.600. The van der Waals surface area contributed by atoms with Crippen LogP contribution in [0.5, 0.6) is 23.0 Å². The summed E-state index contributed by atoms with van der Waals surface area (Å²) in [5.41, 5.74) is 1.47. The Hall–Kier alpha value is -2.68. The molecule has 42 heavy (non-hydrogen) atoms. The number of phenols is 2. The number of hydrogen-bond acceptors (Lipinski definition) is 12. The van der Waals surface area contributed by atoms with Gasteiger partial charge in [-0.3, -0.25) is 0 Å². The molecule has 2 aromatic carbocycles. The van der Waals surface area contributed by atoms with Crippen LogP contribution in [0.1, 0.15) is 43.1 Å². The molecule has 0 aliphatic carbocycles. The van der Waals surface area contributed by atoms with Gasteiger partial charge in [-0.25, -0.2) is 0 Å². The number of methoxy groups -OCH3 is 2. The zero-order valence-electron chi connectivity index (χ0n) is 24.0. The van der Waals surface area contributed by atoms with Crippen LogP contribution in [0, 0.1) is 11.8 Å². The number of ether oxygens (including phenoxy) is 6. The highest BCUT2D eigenvalue weighted by Gasteiger charge is 2.47. The molecule has 0 unspecified atom stereocenters. The summed E-state index contributed by atoms with van der Waals surface area (Å²) in [7, 11) is 2.92. The summed E-state index contributed by atoms with van der Waals surface area (Å²) in [6.45, 7) is 2.19. The normalized spacial score (nSPS) is 30.3. The van der Waals surface area contributed by atoms with Gasteiger partial charge in [-0.05, 0) is 41.8 Å². The van der Waals surface area contributed by atoms with E-state index in [-0.39, 0.29) is 36.4 Å². The number of unbranched alkanes of at least 4 members (excludes halogenated alkanes) is 1. The molecule has 4 rings (SSSR count). The van der Waals surface area contributed by atoms with Crippen LogP contribution in [0.25, 0.3) is 0 Å². The minimum absolute atomic E-state index is 0.00667. The smallest absolute Gasteiger partial charge is 0.186 e. The molecule has 0 amide bonds. The van der Waals surface area contributed by atoms with Gasteiger partial charge in [-0.15, -0.1) is 0 Å². The number of benzene rings is 2. The molecule has 2 aromatic rings. The van der Waals surface area contributed by atoms with Gasteiger partial charge in [0.2, 0.25) is 0 Å². The Morgan fingerprint density at radius 3 is 2.29 bits per heavy atom. The highest BCUT2D eigenvalue weighted by atomic mass is 16.7. The Kier molecular flexibility index (Phi) is 11.3. The van der Waals surface area contributed by atoms with Crippen LogP contribution in [0.3, 0.4) is 0 Å². The zero-order chi connectivity index (χ0) is 30.4. The summed E-state index contributed by atoms with van der Waals surface area (Å²) in [6, 6.07) is 9.95. The van der Waals surface area contributed by atoms with Crippen LogP contribution < -0.4 is 9.47 Å². The Labute approximate surface area is 244 Å². The largest absolute Gasteiger partial charge is 0.504 e. The SMILES string of the molecule is CCCCO[C@@H](c1ccc(O)c(OC)c1)[C@@H]1CO[C@H](c2ccc(O)c(OC)c2)[C@H]1CO[C@@H]1O[C@H](CO)[C@@H](O)[C@H](O)[C@H]1O. The third-order valence-electron chi connectivity index (χ3n) is 7.96. The summed E-state index contributed by atoms with van der Waals surface area (Å²) >= 11 is 0. The number of aliphatic hydroxyl groups is 4. The maximum absolute atomic E-state index is 10.6. The van der Waals surface area contributed by atoms with Crippen molar-refractivity contribution in [2.45, 2.75) is 62.7 Å². The molecule has 12 nitrogen and oxygen atoms in total. The van der Waals surface area contributed by atoms with E-state index in [9.17, 15) is 30.6 Å². The first-order valence-corrected chi connectivity index (χ1v) is 14.1. The quantitative estimate of drug-likeness (QED) is 0.186. The molecule has 9 atom stereocenters. The lowest BCUT2D eigenvalue weighted by molar-refractivity contribution is -0.304. The Balaban J connectivity index is 1.68. The van der Waals surface area contributed by atoms with Gasteiger partial charge in [0.1, 0.15) is 24.4 Å². The van der Waals surface area contributed by atoms with E-state index in [4.69, 9.17) is 28.4 Å². The Morgan fingerprint density at radius 1 is 0.929 bits per heavy atom. The van der Waals surface area contributed by atoms with E-state index in [1.54, 1.807) is 30.3 Å². The average molecular weight is 595 g/mol. The van der Waals surface area contributed by atoms with Crippen molar-refractivity contribution in [1.82, 2.24) is 0 Å². The first-order valence-electron chi connectivity index (χ1n) is 14.1. The van der Waals surface area contributed by atoms with Crippen LogP contribution in [0.4, 0.5) is 0 Å². The Bertz CT molecular complexity index is 1140. The highest BCUT2D eigenvalue weighted by Crippen LogP contribution is 2.48. The molecule has 0 bridgehead atoms. The van der Waals surface area contributed by atoms with Gasteiger partial charge in [0.25, 0.3) is 0 Å². The standard InChI is InChI=1S/C30H42O12/c1-4-5-10-39-28(16-6-8-20(32)22(11-16)37-2)18-14-40-29(17-7-9-21(33)23(12-17)38-3)19(18)15-41-30-27(36)26(35)25(34)24(13-31)42-30/h6-9,11-12,18-19,24-36H,4-5,10,13-15H2,1-3H3/t18-,19+,24-,25-,26+,27-,28+,29-,30-/m1/s1. The van der Waals surface area contributed by atoms with Gasteiger partial charge >= 0.3 is 0 Å². The van der Waals surface area contributed by atoms with Gasteiger partial charge in [-0.1, -0.05) is 25.5 Å². The van der Waals surface area contributed by atoms with E-state index in [2.05, 4.69) is 6.92 Å². The lowest BCUT2D eigenvalue weighted by Crippen LogP contribution is -2.59. The molecule has 2 aliphatic rings. The van der Waals surface area contributed by atoms with Crippen LogP contribution >= 0.6 is 0 Å². The predicted octanol–water partition coefficient (Wildman–Crippen LogP) is 1.79. The molecule has 2 aliphatic heterocycles. The van der Waals surface area contributed by atoms with Crippen molar-refractivity contribution in [2.24, 2.45) is 11.8 Å². The zero-order valence-corrected chi connectivity index (χ0v) is 24.0. The van der Waals surface area contributed by atoms with Crippen LogP contribution in [-0.4, -0.2) is 102 Å². The van der Waals surface area contributed by atoms with Crippen molar-refractivity contribution in [3.8, 4) is 23.0 Å². The van der Waals surface area contributed by atoms with E-state index in [0.717, 1.165) is 18.4 Å². The highest BCUT2D eigenvalue weighted by molar-refractivity contribution is 5.44. The molecule has 0 aromatic heterocycles. The minimum atomic E-state index is -1.58. The molecule has 0 spiro atoms. The maximum Gasteiger partial charge on any atom is 0.186 e.